The van der Waals surface area contributed by atoms with Crippen molar-refractivity contribution in [1.82, 2.24) is 10.2 Å². The molecule has 5 nitrogen and oxygen atoms in total. The third-order valence-electron chi connectivity index (χ3n) is 3.09. The first-order valence-corrected chi connectivity index (χ1v) is 6.44. The van der Waals surface area contributed by atoms with E-state index in [9.17, 15) is 9.90 Å². The SMILES string of the molecule is Cc1cc(C(=O)Nc2cc(C(C)(C)C)[nH]n2)ccc1O. The Morgan fingerprint density at radius 3 is 2.55 bits per heavy atom. The number of carbonyl (C=O) groups excluding carboxylic acids is 1. The second-order valence-electron chi connectivity index (χ2n) is 5.87. The van der Waals surface area contributed by atoms with Crippen molar-refractivity contribution in [3.8, 4) is 5.75 Å². The molecule has 1 amide bonds. The van der Waals surface area contributed by atoms with Crippen molar-refractivity contribution in [2.45, 2.75) is 33.1 Å². The van der Waals surface area contributed by atoms with Gasteiger partial charge < -0.3 is 10.4 Å². The van der Waals surface area contributed by atoms with Crippen molar-refractivity contribution < 1.29 is 9.90 Å². The van der Waals surface area contributed by atoms with Gasteiger partial charge in [-0.1, -0.05) is 20.8 Å². The Balaban J connectivity index is 2.15. The summed E-state index contributed by atoms with van der Waals surface area (Å²) < 4.78 is 0. The van der Waals surface area contributed by atoms with Gasteiger partial charge in [-0.15, -0.1) is 0 Å². The molecule has 0 atom stereocenters. The number of anilines is 1. The van der Waals surface area contributed by atoms with Crippen LogP contribution in [0.1, 0.15) is 42.4 Å². The van der Waals surface area contributed by atoms with Crippen LogP contribution >= 0.6 is 0 Å². The number of nitrogens with zero attached hydrogens (tertiary/aromatic N) is 1. The highest BCUT2D eigenvalue weighted by atomic mass is 16.3. The number of amides is 1. The van der Waals surface area contributed by atoms with Crippen LogP contribution < -0.4 is 5.32 Å². The Labute approximate surface area is 118 Å². The third-order valence-corrected chi connectivity index (χ3v) is 3.09. The van der Waals surface area contributed by atoms with Gasteiger partial charge >= 0.3 is 0 Å². The molecule has 0 bridgehead atoms. The van der Waals surface area contributed by atoms with Crippen LogP contribution in [0.15, 0.2) is 24.3 Å². The molecule has 0 aliphatic carbocycles. The highest BCUT2D eigenvalue weighted by Gasteiger charge is 2.17. The number of hydrogen-bond donors (Lipinski definition) is 3. The smallest absolute Gasteiger partial charge is 0.256 e. The summed E-state index contributed by atoms with van der Waals surface area (Å²) in [4.78, 5) is 12.1. The monoisotopic (exact) mass is 273 g/mol. The van der Waals surface area contributed by atoms with Crippen LogP contribution in [-0.2, 0) is 5.41 Å². The normalized spacial score (nSPS) is 11.4. The van der Waals surface area contributed by atoms with E-state index in [1.165, 1.54) is 6.07 Å². The van der Waals surface area contributed by atoms with Gasteiger partial charge in [-0.3, -0.25) is 9.89 Å². The van der Waals surface area contributed by atoms with E-state index in [0.717, 1.165) is 5.69 Å². The van der Waals surface area contributed by atoms with Gasteiger partial charge in [-0.2, -0.15) is 5.10 Å². The second-order valence-corrected chi connectivity index (χ2v) is 5.87. The fraction of sp³-hybridized carbons (Fsp3) is 0.333. The van der Waals surface area contributed by atoms with Crippen LogP contribution in [0.5, 0.6) is 5.75 Å². The van der Waals surface area contributed by atoms with Gasteiger partial charge in [0.25, 0.3) is 5.91 Å². The van der Waals surface area contributed by atoms with Crippen LogP contribution in [0, 0.1) is 6.92 Å². The Bertz CT molecular complexity index is 639. The predicted octanol–water partition coefficient (Wildman–Crippen LogP) is 2.97. The fourth-order valence-corrected chi connectivity index (χ4v) is 1.76. The highest BCUT2D eigenvalue weighted by molar-refractivity contribution is 6.04. The molecule has 1 aromatic carbocycles. The minimum absolute atomic E-state index is 0.0505. The number of nitrogens with one attached hydrogen (secondary N) is 2. The zero-order chi connectivity index (χ0) is 14.9. The van der Waals surface area contributed by atoms with Gasteiger partial charge in [-0.25, -0.2) is 0 Å². The van der Waals surface area contributed by atoms with Crippen LogP contribution in [0.4, 0.5) is 5.82 Å². The van der Waals surface area contributed by atoms with Crippen LogP contribution in [0.25, 0.3) is 0 Å². The number of phenolic OH excluding ortho intramolecular Hbond substituents is 1. The number of carbonyl (C=O) groups is 1. The van der Waals surface area contributed by atoms with E-state index in [1.54, 1.807) is 19.1 Å². The van der Waals surface area contributed by atoms with Gasteiger partial charge in [0, 0.05) is 22.7 Å². The van der Waals surface area contributed by atoms with E-state index in [-0.39, 0.29) is 17.1 Å². The molecule has 0 radical (unpaired) electrons. The molecule has 0 aliphatic rings. The highest BCUT2D eigenvalue weighted by Crippen LogP contribution is 2.22. The van der Waals surface area contributed by atoms with Crippen molar-refractivity contribution in [2.24, 2.45) is 0 Å². The molecular formula is C15H19N3O2. The van der Waals surface area contributed by atoms with Crippen molar-refractivity contribution in [1.29, 1.82) is 0 Å². The van der Waals surface area contributed by atoms with E-state index in [1.807, 2.05) is 6.07 Å². The largest absolute Gasteiger partial charge is 0.508 e. The number of aryl methyl sites for hydroxylation is 1. The zero-order valence-corrected chi connectivity index (χ0v) is 12.1. The van der Waals surface area contributed by atoms with Crippen LogP contribution in [0.3, 0.4) is 0 Å². The molecule has 2 aromatic rings. The fourth-order valence-electron chi connectivity index (χ4n) is 1.76. The van der Waals surface area contributed by atoms with Gasteiger partial charge in [0.2, 0.25) is 0 Å². The number of aromatic hydroxyl groups is 1. The van der Waals surface area contributed by atoms with E-state index in [4.69, 9.17) is 0 Å². The first kappa shape index (κ1) is 14.1. The molecule has 0 unspecified atom stereocenters. The molecule has 0 saturated carbocycles. The van der Waals surface area contributed by atoms with E-state index in [2.05, 4.69) is 36.3 Å². The summed E-state index contributed by atoms with van der Waals surface area (Å²) in [5.41, 5.74) is 2.05. The van der Waals surface area contributed by atoms with E-state index in [0.29, 0.717) is 16.9 Å². The second kappa shape index (κ2) is 5.00. The molecule has 3 N–H and O–H groups in total. The summed E-state index contributed by atoms with van der Waals surface area (Å²) in [5, 5.41) is 19.2. The van der Waals surface area contributed by atoms with Crippen molar-refractivity contribution in [2.75, 3.05) is 5.32 Å². The van der Waals surface area contributed by atoms with Crippen LogP contribution in [0.2, 0.25) is 0 Å². The molecular weight excluding hydrogens is 254 g/mol. The molecule has 0 fully saturated rings. The summed E-state index contributed by atoms with van der Waals surface area (Å²) in [6.45, 7) is 7.94. The minimum Gasteiger partial charge on any atom is -0.508 e. The summed E-state index contributed by atoms with van der Waals surface area (Å²) in [5.74, 6) is 0.419. The maximum atomic E-state index is 12.1. The number of benzene rings is 1. The van der Waals surface area contributed by atoms with Gasteiger partial charge in [0.15, 0.2) is 5.82 Å². The maximum Gasteiger partial charge on any atom is 0.256 e. The molecule has 0 spiro atoms. The maximum absolute atomic E-state index is 12.1. The first-order valence-electron chi connectivity index (χ1n) is 6.44. The number of hydrogen-bond acceptors (Lipinski definition) is 3. The topological polar surface area (TPSA) is 78.0 Å². The Morgan fingerprint density at radius 1 is 1.30 bits per heavy atom. The molecule has 20 heavy (non-hydrogen) atoms. The molecule has 5 heteroatoms. The average molecular weight is 273 g/mol. The summed E-state index contributed by atoms with van der Waals surface area (Å²) in [7, 11) is 0. The third kappa shape index (κ3) is 2.99. The minimum atomic E-state index is -0.250. The first-order chi connectivity index (χ1) is 9.27. The number of phenols is 1. The van der Waals surface area contributed by atoms with E-state index >= 15 is 0 Å². The number of aromatic amines is 1. The van der Waals surface area contributed by atoms with Crippen molar-refractivity contribution >= 4 is 11.7 Å². The lowest BCUT2D eigenvalue weighted by atomic mass is 9.92. The van der Waals surface area contributed by atoms with Crippen molar-refractivity contribution in [3.63, 3.8) is 0 Å². The molecule has 1 heterocycles. The van der Waals surface area contributed by atoms with Gasteiger partial charge in [0.05, 0.1) is 0 Å². The van der Waals surface area contributed by atoms with Crippen LogP contribution in [-0.4, -0.2) is 21.2 Å². The lowest BCUT2D eigenvalue weighted by molar-refractivity contribution is 0.102. The molecule has 0 aliphatic heterocycles. The number of rotatable bonds is 2. The summed E-state index contributed by atoms with van der Waals surface area (Å²) in [6.07, 6.45) is 0. The Morgan fingerprint density at radius 2 is 2.00 bits per heavy atom. The summed E-state index contributed by atoms with van der Waals surface area (Å²) >= 11 is 0. The standard InChI is InChI=1S/C15H19N3O2/c1-9-7-10(5-6-11(9)19)14(20)16-13-8-12(17-18-13)15(2,3)4/h5-8,19H,1-4H3,(H2,16,17,18,20). The van der Waals surface area contributed by atoms with E-state index < -0.39 is 0 Å². The van der Waals surface area contributed by atoms with Crippen molar-refractivity contribution in [3.05, 3.63) is 41.1 Å². The number of H-pyrrole nitrogens is 1. The molecule has 106 valence electrons. The average Bonchev–Trinajstić information content (AvgIpc) is 2.81. The Kier molecular flexibility index (Phi) is 3.53. The lowest BCUT2D eigenvalue weighted by Crippen LogP contribution is -2.12. The molecule has 1 aromatic heterocycles. The number of aromatic nitrogens is 2. The van der Waals surface area contributed by atoms with Gasteiger partial charge in [0.1, 0.15) is 5.75 Å². The zero-order valence-electron chi connectivity index (χ0n) is 12.1. The molecule has 0 saturated heterocycles. The van der Waals surface area contributed by atoms with Gasteiger partial charge in [-0.05, 0) is 30.7 Å². The Hall–Kier alpha value is -2.30. The molecule has 2 rings (SSSR count). The predicted molar refractivity (Wildman–Crippen MR) is 78.1 cm³/mol. The quantitative estimate of drug-likeness (QED) is 0.787. The lowest BCUT2D eigenvalue weighted by Gasteiger charge is -2.14. The summed E-state index contributed by atoms with van der Waals surface area (Å²) in [6, 6.07) is 6.55.